The van der Waals surface area contributed by atoms with Crippen LogP contribution in [0.15, 0.2) is 11.6 Å². The number of ether oxygens (including phenoxy) is 1. The monoisotopic (exact) mass is 472 g/mol. The molecule has 4 unspecified atom stereocenters. The predicted octanol–water partition coefficient (Wildman–Crippen LogP) is 7.41. The number of hydrogen-bond acceptors (Lipinski definition) is 3. The van der Waals surface area contributed by atoms with E-state index in [1.165, 1.54) is 56.9 Å². The number of rotatable bonds is 8. The van der Waals surface area contributed by atoms with Crippen molar-refractivity contribution >= 4 is 11.9 Å². The lowest BCUT2D eigenvalue weighted by Crippen LogP contribution is -2.51. The third-order valence-electron chi connectivity index (χ3n) is 10.9. The van der Waals surface area contributed by atoms with Gasteiger partial charge in [-0.2, -0.15) is 0 Å². The molecule has 4 aliphatic rings. The van der Waals surface area contributed by atoms with Gasteiger partial charge in [-0.15, -0.1) is 0 Å². The van der Waals surface area contributed by atoms with Crippen molar-refractivity contribution in [2.45, 2.75) is 118 Å². The molecule has 4 nitrogen and oxygen atoms in total. The molecule has 1 N–H and O–H groups in total. The van der Waals surface area contributed by atoms with E-state index in [4.69, 9.17) is 9.84 Å². The first kappa shape index (κ1) is 25.8. The molecule has 3 fully saturated rings. The van der Waals surface area contributed by atoms with E-state index in [1.54, 1.807) is 0 Å². The van der Waals surface area contributed by atoms with E-state index in [0.29, 0.717) is 5.41 Å². The summed E-state index contributed by atoms with van der Waals surface area (Å²) in [5.74, 6) is 3.23. The zero-order chi connectivity index (χ0) is 24.7. The first-order valence-corrected chi connectivity index (χ1v) is 14.2. The maximum atomic E-state index is 11.9. The Hall–Kier alpha value is -1.32. The summed E-state index contributed by atoms with van der Waals surface area (Å²) in [6, 6.07) is 0. The van der Waals surface area contributed by atoms with Gasteiger partial charge in [0.05, 0.1) is 0 Å². The number of carbonyl (C=O) groups excluding carboxylic acids is 1. The van der Waals surface area contributed by atoms with Crippen molar-refractivity contribution in [3.05, 3.63) is 11.6 Å². The maximum Gasteiger partial charge on any atom is 0.317 e. The summed E-state index contributed by atoms with van der Waals surface area (Å²) in [5.41, 5.74) is 2.21. The highest BCUT2D eigenvalue weighted by Crippen LogP contribution is 2.67. The average molecular weight is 473 g/mol. The van der Waals surface area contributed by atoms with E-state index < -0.39 is 18.4 Å². The van der Waals surface area contributed by atoms with Crippen molar-refractivity contribution in [2.75, 3.05) is 0 Å². The molecule has 4 heteroatoms. The molecule has 0 aromatic heterocycles. The Balaban J connectivity index is 1.43. The molecule has 192 valence electrons. The minimum absolute atomic E-state index is 0.154. The summed E-state index contributed by atoms with van der Waals surface area (Å²) < 4.78 is 5.54. The van der Waals surface area contributed by atoms with Crippen molar-refractivity contribution in [1.29, 1.82) is 0 Å². The Morgan fingerprint density at radius 2 is 1.82 bits per heavy atom. The van der Waals surface area contributed by atoms with Gasteiger partial charge in [0.15, 0.2) is 0 Å². The van der Waals surface area contributed by atoms with E-state index in [0.717, 1.165) is 54.8 Å². The summed E-state index contributed by atoms with van der Waals surface area (Å²) in [7, 11) is 0. The first-order chi connectivity index (χ1) is 16.0. The van der Waals surface area contributed by atoms with Crippen molar-refractivity contribution in [1.82, 2.24) is 0 Å². The second-order valence-electron chi connectivity index (χ2n) is 13.2. The minimum atomic E-state index is -1.11. The molecule has 0 heterocycles. The van der Waals surface area contributed by atoms with E-state index in [2.05, 4.69) is 40.7 Å². The second kappa shape index (κ2) is 9.97. The highest BCUT2D eigenvalue weighted by Gasteiger charge is 2.59. The Bertz CT molecular complexity index is 800. The molecule has 0 radical (unpaired) electrons. The molecule has 0 saturated heterocycles. The summed E-state index contributed by atoms with van der Waals surface area (Å²) >= 11 is 0. The van der Waals surface area contributed by atoms with Crippen molar-refractivity contribution < 1.29 is 19.4 Å². The van der Waals surface area contributed by atoms with Gasteiger partial charge >= 0.3 is 11.9 Å². The van der Waals surface area contributed by atoms with Gasteiger partial charge in [0.1, 0.15) is 12.5 Å². The van der Waals surface area contributed by atoms with Crippen molar-refractivity contribution in [2.24, 2.45) is 46.3 Å². The molecule has 34 heavy (non-hydrogen) atoms. The minimum Gasteiger partial charge on any atom is -0.481 e. The lowest BCUT2D eigenvalue weighted by Gasteiger charge is -2.58. The molecule has 8 atom stereocenters. The molecule has 0 bridgehead atoms. The summed E-state index contributed by atoms with van der Waals surface area (Å²) in [4.78, 5) is 22.7. The van der Waals surface area contributed by atoms with E-state index in [-0.39, 0.29) is 11.5 Å². The van der Waals surface area contributed by atoms with Gasteiger partial charge in [0.25, 0.3) is 0 Å². The van der Waals surface area contributed by atoms with Gasteiger partial charge in [-0.3, -0.25) is 9.59 Å². The van der Waals surface area contributed by atoms with Crippen LogP contribution in [-0.4, -0.2) is 23.1 Å². The molecule has 4 aliphatic carbocycles. The van der Waals surface area contributed by atoms with Crippen LogP contribution < -0.4 is 0 Å². The fraction of sp³-hybridized carbons (Fsp3) is 0.867. The van der Waals surface area contributed by atoms with Crippen LogP contribution in [0.3, 0.4) is 0 Å². The molecule has 3 saturated carbocycles. The summed E-state index contributed by atoms with van der Waals surface area (Å²) in [6.45, 7) is 12.4. The van der Waals surface area contributed by atoms with E-state index >= 15 is 0 Å². The molecular weight excluding hydrogens is 424 g/mol. The fourth-order valence-electron chi connectivity index (χ4n) is 9.10. The SMILES string of the molecule is CC(C)CCC[C@@H](C)[C@H]1CCC2C3CC=C4CC(OC(=O)CC(=O)O)CC[C@]4(C)C3CC[C@@]21C. The molecule has 0 spiro atoms. The number of fused-ring (bicyclic) bond motifs is 5. The van der Waals surface area contributed by atoms with Crippen LogP contribution >= 0.6 is 0 Å². The number of esters is 1. The Kier molecular flexibility index (Phi) is 7.56. The second-order valence-corrected chi connectivity index (χ2v) is 13.2. The lowest BCUT2D eigenvalue weighted by molar-refractivity contribution is -0.157. The molecule has 4 rings (SSSR count). The molecule has 0 aliphatic heterocycles. The number of hydrogen-bond donors (Lipinski definition) is 1. The van der Waals surface area contributed by atoms with Gasteiger partial charge in [0.2, 0.25) is 0 Å². The van der Waals surface area contributed by atoms with E-state index in [9.17, 15) is 9.59 Å². The average Bonchev–Trinajstić information content (AvgIpc) is 3.10. The van der Waals surface area contributed by atoms with Crippen LogP contribution in [0.1, 0.15) is 112 Å². The highest BCUT2D eigenvalue weighted by molar-refractivity contribution is 5.90. The van der Waals surface area contributed by atoms with Gasteiger partial charge < -0.3 is 9.84 Å². The first-order valence-electron chi connectivity index (χ1n) is 14.2. The Labute approximate surface area is 207 Å². The number of aliphatic carboxylic acids is 1. The molecule has 0 aromatic rings. The van der Waals surface area contributed by atoms with Gasteiger partial charge in [-0.25, -0.2) is 0 Å². The predicted molar refractivity (Wildman–Crippen MR) is 135 cm³/mol. The molecule has 0 amide bonds. The van der Waals surface area contributed by atoms with E-state index in [1.807, 2.05) is 0 Å². The fourth-order valence-corrected chi connectivity index (χ4v) is 9.10. The molecular formula is C30H48O4. The maximum absolute atomic E-state index is 11.9. The van der Waals surface area contributed by atoms with Crippen LogP contribution in [-0.2, 0) is 14.3 Å². The standard InChI is InChI=1S/C30H48O4/c1-19(2)7-6-8-20(3)24-11-12-25-23-10-9-21-17-22(34-28(33)18-27(31)32)13-15-29(21,4)26(23)14-16-30(24,25)5/h9,19-20,22-26H,6-8,10-18H2,1-5H3,(H,31,32)/t20-,22?,23?,24-,25?,26?,29+,30-/m1/s1. The number of carboxylic acid groups (broad SMARTS) is 1. The zero-order valence-electron chi connectivity index (χ0n) is 22.3. The van der Waals surface area contributed by atoms with Crippen LogP contribution in [0.5, 0.6) is 0 Å². The normalized spacial score (nSPS) is 40.1. The number of carboxylic acids is 1. The van der Waals surface area contributed by atoms with Crippen molar-refractivity contribution in [3.63, 3.8) is 0 Å². The lowest BCUT2D eigenvalue weighted by atomic mass is 9.47. The largest absolute Gasteiger partial charge is 0.481 e. The quantitative estimate of drug-likeness (QED) is 0.227. The topological polar surface area (TPSA) is 63.6 Å². The van der Waals surface area contributed by atoms with Crippen LogP contribution in [0, 0.1) is 46.3 Å². The van der Waals surface area contributed by atoms with Crippen LogP contribution in [0.2, 0.25) is 0 Å². The Morgan fingerprint density at radius 1 is 1.06 bits per heavy atom. The van der Waals surface area contributed by atoms with Crippen LogP contribution in [0.25, 0.3) is 0 Å². The number of carbonyl (C=O) groups is 2. The van der Waals surface area contributed by atoms with Crippen molar-refractivity contribution in [3.8, 4) is 0 Å². The third-order valence-corrected chi connectivity index (χ3v) is 10.9. The Morgan fingerprint density at radius 3 is 2.53 bits per heavy atom. The number of allylic oxidation sites excluding steroid dienone is 1. The van der Waals surface area contributed by atoms with Gasteiger partial charge in [0, 0.05) is 6.42 Å². The molecule has 0 aromatic carbocycles. The smallest absolute Gasteiger partial charge is 0.317 e. The summed E-state index contributed by atoms with van der Waals surface area (Å²) in [6.07, 6.45) is 15.4. The third kappa shape index (κ3) is 4.85. The van der Waals surface area contributed by atoms with Crippen LogP contribution in [0.4, 0.5) is 0 Å². The highest BCUT2D eigenvalue weighted by atomic mass is 16.5. The van der Waals surface area contributed by atoms with Gasteiger partial charge in [-0.1, -0.05) is 65.5 Å². The zero-order valence-corrected chi connectivity index (χ0v) is 22.3. The summed E-state index contributed by atoms with van der Waals surface area (Å²) in [5, 5.41) is 8.87. The van der Waals surface area contributed by atoms with Gasteiger partial charge in [-0.05, 0) is 91.3 Å².